The number of para-hydroxylation sites is 4. The molecule has 8 aromatic rings. The van der Waals surface area contributed by atoms with Gasteiger partial charge in [0.15, 0.2) is 22.8 Å². The van der Waals surface area contributed by atoms with E-state index in [1.165, 1.54) is 49.7 Å². The number of aryl methyl sites for hydroxylation is 1. The second-order valence-corrected chi connectivity index (χ2v) is 20.9. The van der Waals surface area contributed by atoms with E-state index in [4.69, 9.17) is 4.42 Å². The van der Waals surface area contributed by atoms with E-state index in [1.807, 2.05) is 0 Å². The second kappa shape index (κ2) is 10.1. The molecule has 0 fully saturated rings. The zero-order valence-corrected chi connectivity index (χ0v) is 30.6. The van der Waals surface area contributed by atoms with Crippen molar-refractivity contribution in [1.29, 1.82) is 0 Å². The maximum Gasteiger partial charge on any atom is 0.364 e. The van der Waals surface area contributed by atoms with Gasteiger partial charge in [-0.25, -0.2) is 0 Å². The molecule has 2 aliphatic heterocycles. The van der Waals surface area contributed by atoms with Crippen molar-refractivity contribution >= 4 is 46.2 Å². The lowest BCUT2D eigenvalue weighted by molar-refractivity contribution is -0.944. The van der Waals surface area contributed by atoms with Crippen LogP contribution in [-0.2, 0) is 12.1 Å². The van der Waals surface area contributed by atoms with Gasteiger partial charge < -0.3 is 4.42 Å². The van der Waals surface area contributed by atoms with Crippen LogP contribution in [0.1, 0.15) is 36.1 Å². The number of fused-ring (bicyclic) bond motifs is 16. The third kappa shape index (κ3) is 3.76. The van der Waals surface area contributed by atoms with Crippen LogP contribution in [0.2, 0.25) is 19.6 Å². The van der Waals surface area contributed by atoms with Gasteiger partial charge in [0.05, 0.1) is 24.8 Å². The predicted molar refractivity (Wildman–Crippen MR) is 206 cm³/mol. The summed E-state index contributed by atoms with van der Waals surface area (Å²) < 4.78 is 14.7. The summed E-state index contributed by atoms with van der Waals surface area (Å²) in [7, 11) is -1.77. The Hall–Kier alpha value is -5.26. The number of nitrogens with zero attached hydrogens (tertiary/aromatic N) is 3. The van der Waals surface area contributed by atoms with E-state index in [2.05, 4.69) is 176 Å². The molecule has 1 unspecified atom stereocenters. The smallest absolute Gasteiger partial charge is 0.364 e. The molecule has 10 rings (SSSR count). The van der Waals surface area contributed by atoms with Crippen LogP contribution in [-0.4, -0.2) is 12.6 Å². The molecular weight excluding hydrogens is 627 g/mol. The zero-order valence-electron chi connectivity index (χ0n) is 29.6. The van der Waals surface area contributed by atoms with Crippen molar-refractivity contribution in [1.82, 2.24) is 4.57 Å². The van der Waals surface area contributed by atoms with E-state index >= 15 is 0 Å². The number of hydrogen-bond donors (Lipinski definition) is 0. The van der Waals surface area contributed by atoms with Gasteiger partial charge in [-0.2, -0.15) is 4.57 Å². The summed E-state index contributed by atoms with van der Waals surface area (Å²) in [6.07, 6.45) is 3.64. The Morgan fingerprint density at radius 3 is 2.32 bits per heavy atom. The van der Waals surface area contributed by atoms with Gasteiger partial charge in [0.25, 0.3) is 0 Å². The largest absolute Gasteiger partial charge is 0.455 e. The van der Waals surface area contributed by atoms with Gasteiger partial charge in [0.1, 0.15) is 16.8 Å². The molecule has 1 atom stereocenters. The molecule has 50 heavy (non-hydrogen) atoms. The van der Waals surface area contributed by atoms with Gasteiger partial charge in [0.2, 0.25) is 5.69 Å². The maximum absolute atomic E-state index is 6.95. The van der Waals surface area contributed by atoms with Gasteiger partial charge in [-0.3, -0.25) is 0 Å². The standard InChI is InChI=1S/C45H41N3OSi/c1-28(2)24-30-26-39-34-25-29(3)20-22-35(34)45(46(39)27-41(30)50(4,5)6)36-23-21-33-32-16-10-13-19-40(32)49-43(33)42(36)44-47(31-14-8-7-9-15-31)37-17-11-12-18-38(37)48(44)45/h7-23,25-28H,24H2,1-6H3/q+2. The predicted octanol–water partition coefficient (Wildman–Crippen LogP) is 9.42. The molecule has 0 saturated heterocycles. The van der Waals surface area contributed by atoms with Crippen LogP contribution in [0.5, 0.6) is 0 Å². The molecule has 2 aliphatic rings. The molecule has 5 heterocycles. The first-order valence-electron chi connectivity index (χ1n) is 18.0. The lowest BCUT2D eigenvalue weighted by Crippen LogP contribution is -2.72. The van der Waals surface area contributed by atoms with Crippen LogP contribution in [0.15, 0.2) is 126 Å². The Kier molecular flexibility index (Phi) is 6.01. The first kappa shape index (κ1) is 29.6. The summed E-state index contributed by atoms with van der Waals surface area (Å²) in [5.74, 6) is 1.71. The Balaban J connectivity index is 1.46. The van der Waals surface area contributed by atoms with Crippen molar-refractivity contribution in [3.8, 4) is 28.3 Å². The fourth-order valence-corrected chi connectivity index (χ4v) is 10.8. The highest BCUT2D eigenvalue weighted by atomic mass is 28.3. The summed E-state index contributed by atoms with van der Waals surface area (Å²) in [4.78, 5) is 0. The van der Waals surface area contributed by atoms with Crippen LogP contribution >= 0.6 is 0 Å². The molecular formula is C45H41N3OSi+2. The van der Waals surface area contributed by atoms with Crippen LogP contribution in [0.4, 0.5) is 0 Å². The molecule has 1 spiro atoms. The first-order valence-corrected chi connectivity index (χ1v) is 21.5. The summed E-state index contributed by atoms with van der Waals surface area (Å²) in [5, 5.41) is 3.83. The van der Waals surface area contributed by atoms with E-state index in [0.717, 1.165) is 45.4 Å². The topological polar surface area (TPSA) is 25.8 Å². The Morgan fingerprint density at radius 2 is 1.52 bits per heavy atom. The van der Waals surface area contributed by atoms with Crippen molar-refractivity contribution in [2.45, 2.75) is 52.5 Å². The number of pyridine rings is 1. The summed E-state index contributed by atoms with van der Waals surface area (Å²) in [6, 6.07) is 42.6. The summed E-state index contributed by atoms with van der Waals surface area (Å²) in [5.41, 5.74) is 13.8. The second-order valence-electron chi connectivity index (χ2n) is 15.8. The van der Waals surface area contributed by atoms with Crippen molar-refractivity contribution in [2.75, 3.05) is 0 Å². The van der Waals surface area contributed by atoms with Gasteiger partial charge in [-0.15, -0.1) is 9.13 Å². The van der Waals surface area contributed by atoms with Crippen molar-refractivity contribution < 1.29 is 13.6 Å². The molecule has 0 saturated carbocycles. The normalized spacial score (nSPS) is 16.1. The quantitative estimate of drug-likeness (QED) is 0.136. The van der Waals surface area contributed by atoms with Gasteiger partial charge in [-0.05, 0) is 79.4 Å². The highest BCUT2D eigenvalue weighted by Gasteiger charge is 2.67. The highest BCUT2D eigenvalue weighted by Crippen LogP contribution is 2.52. The molecule has 4 nitrogen and oxygen atoms in total. The third-order valence-electron chi connectivity index (χ3n) is 11.1. The highest BCUT2D eigenvalue weighted by molar-refractivity contribution is 6.89. The van der Waals surface area contributed by atoms with E-state index in [0.29, 0.717) is 5.92 Å². The van der Waals surface area contributed by atoms with E-state index < -0.39 is 13.7 Å². The van der Waals surface area contributed by atoms with E-state index in [1.54, 1.807) is 0 Å². The number of benzene rings is 5. The molecule has 0 aliphatic carbocycles. The van der Waals surface area contributed by atoms with Crippen LogP contribution in [0.25, 0.3) is 61.3 Å². The molecule has 0 N–H and O–H groups in total. The SMILES string of the molecule is Cc1ccc2c(c1)-c1cc(CC(C)C)c([Si](C)(C)C)c[n+]1C21c2ccc3c(oc4ccccc43)c2-c2n(-c3ccccc3)c3ccccc3[n+]21. The summed E-state index contributed by atoms with van der Waals surface area (Å²) in [6.45, 7) is 14.4. The molecule has 244 valence electrons. The van der Waals surface area contributed by atoms with E-state index in [9.17, 15) is 0 Å². The Labute approximate surface area is 293 Å². The first-order chi connectivity index (χ1) is 24.2. The maximum atomic E-state index is 6.95. The molecule has 0 amide bonds. The van der Waals surface area contributed by atoms with Crippen molar-refractivity contribution in [3.63, 3.8) is 0 Å². The minimum absolute atomic E-state index is 0.568. The van der Waals surface area contributed by atoms with Crippen LogP contribution in [0.3, 0.4) is 0 Å². The zero-order chi connectivity index (χ0) is 34.1. The van der Waals surface area contributed by atoms with Crippen LogP contribution in [0, 0.1) is 12.8 Å². The molecule has 5 aromatic carbocycles. The lowest BCUT2D eigenvalue weighted by Gasteiger charge is -2.24. The minimum atomic E-state index is -1.77. The number of imidazole rings is 1. The monoisotopic (exact) mass is 667 g/mol. The molecule has 0 radical (unpaired) electrons. The molecule has 0 bridgehead atoms. The number of aromatic nitrogens is 3. The Bertz CT molecular complexity index is 2710. The number of furan rings is 1. The van der Waals surface area contributed by atoms with Crippen molar-refractivity contribution in [2.24, 2.45) is 5.92 Å². The van der Waals surface area contributed by atoms with Crippen molar-refractivity contribution in [3.05, 3.63) is 144 Å². The average Bonchev–Trinajstić information content (AvgIpc) is 3.80. The summed E-state index contributed by atoms with van der Waals surface area (Å²) >= 11 is 0. The van der Waals surface area contributed by atoms with Gasteiger partial charge in [-0.1, -0.05) is 93.6 Å². The fraction of sp³-hybridized carbons (Fsp3) is 0.200. The van der Waals surface area contributed by atoms with Gasteiger partial charge >= 0.3 is 11.5 Å². The number of hydrogen-bond acceptors (Lipinski definition) is 1. The lowest BCUT2D eigenvalue weighted by atomic mass is 9.88. The Morgan fingerprint density at radius 1 is 0.780 bits per heavy atom. The fourth-order valence-electron chi connectivity index (χ4n) is 9.14. The molecule has 5 heteroatoms. The molecule has 3 aromatic heterocycles. The van der Waals surface area contributed by atoms with Gasteiger partial charge in [0, 0.05) is 22.0 Å². The van der Waals surface area contributed by atoms with E-state index in [-0.39, 0.29) is 0 Å². The third-order valence-corrected chi connectivity index (χ3v) is 13.1. The average molecular weight is 668 g/mol. The van der Waals surface area contributed by atoms with Crippen LogP contribution < -0.4 is 14.3 Å². The number of rotatable bonds is 4. The minimum Gasteiger partial charge on any atom is -0.455 e.